The molecule has 0 saturated heterocycles. The zero-order chi connectivity index (χ0) is 19.2. The van der Waals surface area contributed by atoms with Crippen LogP contribution in [-0.4, -0.2) is 23.5 Å². The lowest BCUT2D eigenvalue weighted by Crippen LogP contribution is -2.46. The van der Waals surface area contributed by atoms with Gasteiger partial charge in [-0.15, -0.1) is 0 Å². The second-order valence-electron chi connectivity index (χ2n) is 6.54. The highest BCUT2D eigenvalue weighted by atomic mass is 19.1. The van der Waals surface area contributed by atoms with Gasteiger partial charge in [-0.05, 0) is 35.6 Å². The van der Waals surface area contributed by atoms with Crippen LogP contribution in [0.4, 0.5) is 4.39 Å². The summed E-state index contributed by atoms with van der Waals surface area (Å²) in [5.74, 6) is -1.72. The lowest BCUT2D eigenvalue weighted by Gasteiger charge is -2.29. The van der Waals surface area contributed by atoms with Crippen molar-refractivity contribution in [1.82, 2.24) is 5.32 Å². The van der Waals surface area contributed by atoms with Gasteiger partial charge in [0.2, 0.25) is 5.91 Å². The van der Waals surface area contributed by atoms with Gasteiger partial charge >= 0.3 is 5.97 Å². The fourth-order valence-corrected chi connectivity index (χ4v) is 3.07. The van der Waals surface area contributed by atoms with E-state index in [1.807, 2.05) is 13.0 Å². The zero-order valence-corrected chi connectivity index (χ0v) is 15.0. The molecule has 0 spiro atoms. The van der Waals surface area contributed by atoms with E-state index in [1.54, 1.807) is 43.3 Å². The second kappa shape index (κ2) is 8.61. The average Bonchev–Trinajstić information content (AvgIpc) is 2.63. The van der Waals surface area contributed by atoms with E-state index in [-0.39, 0.29) is 30.6 Å². The number of hydrogen-bond acceptors (Lipinski definition) is 2. The summed E-state index contributed by atoms with van der Waals surface area (Å²) in [6, 6.07) is 15.1. The second-order valence-corrected chi connectivity index (χ2v) is 6.54. The molecule has 2 rings (SSSR count). The number of carboxylic acids is 1. The van der Waals surface area contributed by atoms with E-state index in [2.05, 4.69) is 5.32 Å². The molecule has 0 aliphatic rings. The fraction of sp³-hybridized carbons (Fsp3) is 0.333. The number of aliphatic carboxylic acids is 1. The van der Waals surface area contributed by atoms with Crippen LogP contribution in [0.1, 0.15) is 43.7 Å². The van der Waals surface area contributed by atoms with E-state index in [1.165, 1.54) is 12.1 Å². The Bertz CT molecular complexity index is 763. The zero-order valence-electron chi connectivity index (χ0n) is 15.0. The van der Waals surface area contributed by atoms with E-state index in [9.17, 15) is 19.1 Å². The molecule has 0 aromatic heterocycles. The first-order valence-corrected chi connectivity index (χ1v) is 8.70. The van der Waals surface area contributed by atoms with Crippen LogP contribution in [0.5, 0.6) is 0 Å². The molecule has 5 heteroatoms. The van der Waals surface area contributed by atoms with Gasteiger partial charge in [-0.1, -0.05) is 56.3 Å². The van der Waals surface area contributed by atoms with Gasteiger partial charge in [0.15, 0.2) is 0 Å². The number of carbonyl (C=O) groups is 2. The van der Waals surface area contributed by atoms with Crippen molar-refractivity contribution in [2.75, 3.05) is 6.54 Å². The van der Waals surface area contributed by atoms with Gasteiger partial charge in [0.25, 0.3) is 0 Å². The molecule has 2 aromatic carbocycles. The number of rotatable bonds is 8. The largest absolute Gasteiger partial charge is 0.481 e. The Kier molecular flexibility index (Phi) is 6.50. The molecule has 4 nitrogen and oxygen atoms in total. The highest BCUT2D eigenvalue weighted by Gasteiger charge is 2.39. The van der Waals surface area contributed by atoms with Crippen molar-refractivity contribution in [3.63, 3.8) is 0 Å². The first-order valence-electron chi connectivity index (χ1n) is 8.70. The van der Waals surface area contributed by atoms with Gasteiger partial charge in [0, 0.05) is 13.0 Å². The molecule has 2 unspecified atom stereocenters. The van der Waals surface area contributed by atoms with Gasteiger partial charge < -0.3 is 10.4 Å². The number of hydrogen-bond donors (Lipinski definition) is 2. The highest BCUT2D eigenvalue weighted by molar-refractivity contribution is 5.83. The molecule has 2 N–H and O–H groups in total. The number of benzene rings is 2. The molecule has 0 heterocycles. The Labute approximate surface area is 153 Å². The fourth-order valence-electron chi connectivity index (χ4n) is 3.07. The maximum atomic E-state index is 13.3. The van der Waals surface area contributed by atoms with E-state index in [0.717, 1.165) is 5.56 Å². The molecule has 0 radical (unpaired) electrons. The average molecular weight is 357 g/mol. The molecule has 2 atom stereocenters. The standard InChI is InChI=1S/C21H24FNO3/c1-3-21(20(25)26,17-9-5-4-6-10-17)14-23-19(24)12-15(2)16-8-7-11-18(22)13-16/h4-11,13,15H,3,12,14H2,1-2H3,(H,23,24)(H,25,26). The van der Waals surface area contributed by atoms with Crippen molar-refractivity contribution in [3.05, 3.63) is 71.5 Å². The number of carboxylic acid groups (broad SMARTS) is 1. The molecule has 0 bridgehead atoms. The summed E-state index contributed by atoms with van der Waals surface area (Å²) in [5, 5.41) is 12.5. The maximum Gasteiger partial charge on any atom is 0.315 e. The van der Waals surface area contributed by atoms with E-state index in [0.29, 0.717) is 12.0 Å². The van der Waals surface area contributed by atoms with Crippen molar-refractivity contribution in [1.29, 1.82) is 0 Å². The van der Waals surface area contributed by atoms with E-state index < -0.39 is 11.4 Å². The smallest absolute Gasteiger partial charge is 0.315 e. The molecule has 2 aromatic rings. The summed E-state index contributed by atoms with van der Waals surface area (Å²) < 4.78 is 13.3. The number of halogens is 1. The number of amides is 1. The van der Waals surface area contributed by atoms with Gasteiger partial charge in [0.1, 0.15) is 11.2 Å². The maximum absolute atomic E-state index is 13.3. The third-order valence-electron chi connectivity index (χ3n) is 4.84. The molecule has 138 valence electrons. The summed E-state index contributed by atoms with van der Waals surface area (Å²) in [7, 11) is 0. The number of carbonyl (C=O) groups excluding carboxylic acids is 1. The van der Waals surface area contributed by atoms with Crippen LogP contribution < -0.4 is 5.32 Å². The van der Waals surface area contributed by atoms with Crippen LogP contribution in [0.3, 0.4) is 0 Å². The minimum Gasteiger partial charge on any atom is -0.481 e. The van der Waals surface area contributed by atoms with Gasteiger partial charge in [-0.25, -0.2) is 4.39 Å². The van der Waals surface area contributed by atoms with Crippen LogP contribution in [0, 0.1) is 5.82 Å². The van der Waals surface area contributed by atoms with E-state index >= 15 is 0 Å². The molecule has 1 amide bonds. The van der Waals surface area contributed by atoms with Crippen LogP contribution >= 0.6 is 0 Å². The number of nitrogens with one attached hydrogen (secondary N) is 1. The van der Waals surface area contributed by atoms with Gasteiger partial charge in [0.05, 0.1) is 0 Å². The lowest BCUT2D eigenvalue weighted by molar-refractivity contribution is -0.144. The summed E-state index contributed by atoms with van der Waals surface area (Å²) in [6.45, 7) is 3.65. The SMILES string of the molecule is CCC(CNC(=O)CC(C)c1cccc(F)c1)(C(=O)O)c1ccccc1. The molecule has 0 fully saturated rings. The monoisotopic (exact) mass is 357 g/mol. The third kappa shape index (κ3) is 4.48. The summed E-state index contributed by atoms with van der Waals surface area (Å²) >= 11 is 0. The Hall–Kier alpha value is -2.69. The third-order valence-corrected chi connectivity index (χ3v) is 4.84. The van der Waals surface area contributed by atoms with Crippen LogP contribution in [-0.2, 0) is 15.0 Å². The van der Waals surface area contributed by atoms with Crippen LogP contribution in [0.2, 0.25) is 0 Å². The predicted molar refractivity (Wildman–Crippen MR) is 98.5 cm³/mol. The minimum absolute atomic E-state index is 0.0115. The normalized spacial score (nSPS) is 14.3. The van der Waals surface area contributed by atoms with Crippen molar-refractivity contribution in [3.8, 4) is 0 Å². The highest BCUT2D eigenvalue weighted by Crippen LogP contribution is 2.28. The van der Waals surface area contributed by atoms with Crippen molar-refractivity contribution in [2.45, 2.75) is 38.0 Å². The molecule has 26 heavy (non-hydrogen) atoms. The first-order chi connectivity index (χ1) is 12.4. The Morgan fingerprint density at radius 1 is 1.15 bits per heavy atom. The Morgan fingerprint density at radius 2 is 1.85 bits per heavy atom. The summed E-state index contributed by atoms with van der Waals surface area (Å²) in [5.41, 5.74) is 0.232. The molecular formula is C21H24FNO3. The molecule has 0 saturated carbocycles. The van der Waals surface area contributed by atoms with Crippen molar-refractivity contribution >= 4 is 11.9 Å². The Balaban J connectivity index is 2.06. The topological polar surface area (TPSA) is 66.4 Å². The predicted octanol–water partition coefficient (Wildman–Crippen LogP) is 3.87. The van der Waals surface area contributed by atoms with Crippen molar-refractivity contribution < 1.29 is 19.1 Å². The molecule has 0 aliphatic carbocycles. The first kappa shape index (κ1) is 19.6. The minimum atomic E-state index is -1.17. The quantitative estimate of drug-likeness (QED) is 0.754. The molecule has 0 aliphatic heterocycles. The van der Waals surface area contributed by atoms with Gasteiger partial charge in [-0.2, -0.15) is 0 Å². The molecular weight excluding hydrogens is 333 g/mol. The Morgan fingerprint density at radius 3 is 2.42 bits per heavy atom. The van der Waals surface area contributed by atoms with Gasteiger partial charge in [-0.3, -0.25) is 9.59 Å². The summed E-state index contributed by atoms with van der Waals surface area (Å²) in [6.07, 6.45) is 0.518. The summed E-state index contributed by atoms with van der Waals surface area (Å²) in [4.78, 5) is 24.3. The lowest BCUT2D eigenvalue weighted by atomic mass is 9.78. The van der Waals surface area contributed by atoms with Crippen molar-refractivity contribution in [2.24, 2.45) is 0 Å². The van der Waals surface area contributed by atoms with Crippen LogP contribution in [0.15, 0.2) is 54.6 Å². The van der Waals surface area contributed by atoms with Crippen LogP contribution in [0.25, 0.3) is 0 Å². The van der Waals surface area contributed by atoms with E-state index in [4.69, 9.17) is 0 Å².